The molecule has 0 fully saturated rings. The van der Waals surface area contributed by atoms with Gasteiger partial charge in [-0.15, -0.1) is 0 Å². The molecule has 1 unspecified atom stereocenters. The van der Waals surface area contributed by atoms with Crippen LogP contribution in [0.3, 0.4) is 0 Å². The molecule has 1 aromatic carbocycles. The van der Waals surface area contributed by atoms with Gasteiger partial charge in [0.15, 0.2) is 0 Å². The van der Waals surface area contributed by atoms with Gasteiger partial charge in [-0.1, -0.05) is 29.8 Å². The second-order valence-corrected chi connectivity index (χ2v) is 5.50. The van der Waals surface area contributed by atoms with E-state index in [1.807, 2.05) is 0 Å². The quantitative estimate of drug-likeness (QED) is 0.619. The minimum Gasteiger partial charge on any atom is -0.271 e. The summed E-state index contributed by atoms with van der Waals surface area (Å²) in [6.07, 6.45) is 3.14. The summed E-state index contributed by atoms with van der Waals surface area (Å²) in [7, 11) is 0. The molecule has 0 saturated carbocycles. The first-order valence-electron chi connectivity index (χ1n) is 6.30. The van der Waals surface area contributed by atoms with Crippen molar-refractivity contribution < 1.29 is 0 Å². The smallest absolute Gasteiger partial charge is 0.0254 e. The maximum atomic E-state index is 5.63. The summed E-state index contributed by atoms with van der Waals surface area (Å²) in [4.78, 5) is 0. The van der Waals surface area contributed by atoms with Gasteiger partial charge in [-0.05, 0) is 54.1 Å². The first-order chi connectivity index (χ1) is 8.78. The predicted octanol–water partition coefficient (Wildman–Crippen LogP) is 3.06. The monoisotopic (exact) mass is 260 g/mol. The first-order valence-corrected chi connectivity index (χ1v) is 7.25. The summed E-state index contributed by atoms with van der Waals surface area (Å²) < 4.78 is 0. The number of hydrogen-bond acceptors (Lipinski definition) is 3. The van der Waals surface area contributed by atoms with Crippen LogP contribution in [-0.4, -0.2) is 6.04 Å². The lowest BCUT2D eigenvalue weighted by Crippen LogP contribution is -2.37. The van der Waals surface area contributed by atoms with E-state index in [0.717, 1.165) is 19.3 Å². The van der Waals surface area contributed by atoms with Crippen LogP contribution in [-0.2, 0) is 12.8 Å². The van der Waals surface area contributed by atoms with Crippen LogP contribution in [0.5, 0.6) is 0 Å². The van der Waals surface area contributed by atoms with Crippen molar-refractivity contribution in [3.8, 4) is 0 Å². The van der Waals surface area contributed by atoms with Gasteiger partial charge >= 0.3 is 0 Å². The molecule has 1 aromatic heterocycles. The first kappa shape index (κ1) is 13.3. The van der Waals surface area contributed by atoms with Crippen LogP contribution in [0.2, 0.25) is 0 Å². The van der Waals surface area contributed by atoms with E-state index >= 15 is 0 Å². The van der Waals surface area contributed by atoms with Gasteiger partial charge in [0.05, 0.1) is 0 Å². The number of nitrogens with two attached hydrogens (primary N) is 1. The van der Waals surface area contributed by atoms with Crippen LogP contribution in [0.25, 0.3) is 0 Å². The molecular weight excluding hydrogens is 240 g/mol. The number of aryl methyl sites for hydroxylation is 2. The summed E-state index contributed by atoms with van der Waals surface area (Å²) in [5.74, 6) is 5.63. The van der Waals surface area contributed by atoms with E-state index in [9.17, 15) is 0 Å². The van der Waals surface area contributed by atoms with E-state index in [-0.39, 0.29) is 0 Å². The van der Waals surface area contributed by atoms with E-state index in [2.05, 4.69) is 53.4 Å². The van der Waals surface area contributed by atoms with Crippen molar-refractivity contribution in [2.45, 2.75) is 32.2 Å². The van der Waals surface area contributed by atoms with Crippen molar-refractivity contribution in [3.63, 3.8) is 0 Å². The Hall–Kier alpha value is -1.16. The topological polar surface area (TPSA) is 38.0 Å². The Morgan fingerprint density at radius 1 is 1.17 bits per heavy atom. The van der Waals surface area contributed by atoms with Crippen LogP contribution in [0.4, 0.5) is 0 Å². The predicted molar refractivity (Wildman–Crippen MR) is 78.6 cm³/mol. The van der Waals surface area contributed by atoms with Gasteiger partial charge in [-0.2, -0.15) is 11.3 Å². The normalized spacial score (nSPS) is 12.6. The van der Waals surface area contributed by atoms with Gasteiger partial charge in [0.25, 0.3) is 0 Å². The minimum absolute atomic E-state index is 0.348. The van der Waals surface area contributed by atoms with Crippen LogP contribution >= 0.6 is 11.3 Å². The third-order valence-electron chi connectivity index (χ3n) is 3.20. The highest BCUT2D eigenvalue weighted by atomic mass is 32.1. The van der Waals surface area contributed by atoms with Crippen molar-refractivity contribution in [1.29, 1.82) is 0 Å². The third kappa shape index (κ3) is 3.95. The Morgan fingerprint density at radius 2 is 1.94 bits per heavy atom. The SMILES string of the molecule is Cc1ccc(CCC(Cc2ccsc2)NN)cc1. The molecule has 1 atom stereocenters. The zero-order valence-corrected chi connectivity index (χ0v) is 11.5. The zero-order chi connectivity index (χ0) is 12.8. The van der Waals surface area contributed by atoms with Gasteiger partial charge < -0.3 is 0 Å². The van der Waals surface area contributed by atoms with Crippen molar-refractivity contribution in [2.75, 3.05) is 0 Å². The molecule has 1 heterocycles. The van der Waals surface area contributed by atoms with Crippen LogP contribution in [0.15, 0.2) is 41.1 Å². The van der Waals surface area contributed by atoms with Crippen molar-refractivity contribution in [1.82, 2.24) is 5.43 Å². The number of benzene rings is 1. The molecule has 0 spiro atoms. The molecule has 96 valence electrons. The molecule has 0 aliphatic rings. The molecular formula is C15H20N2S. The highest BCUT2D eigenvalue weighted by Gasteiger charge is 2.08. The fourth-order valence-corrected chi connectivity index (χ4v) is 2.71. The molecule has 0 aliphatic heterocycles. The van der Waals surface area contributed by atoms with E-state index in [4.69, 9.17) is 5.84 Å². The van der Waals surface area contributed by atoms with E-state index in [1.165, 1.54) is 16.7 Å². The van der Waals surface area contributed by atoms with Gasteiger partial charge in [0, 0.05) is 6.04 Å². The highest BCUT2D eigenvalue weighted by Crippen LogP contribution is 2.12. The molecule has 0 amide bonds. The number of hydrogen-bond donors (Lipinski definition) is 2. The van der Waals surface area contributed by atoms with E-state index in [0.29, 0.717) is 6.04 Å². The molecule has 3 N–H and O–H groups in total. The molecule has 0 aliphatic carbocycles. The minimum atomic E-state index is 0.348. The van der Waals surface area contributed by atoms with Crippen molar-refractivity contribution >= 4 is 11.3 Å². The average molecular weight is 260 g/mol. The van der Waals surface area contributed by atoms with Crippen LogP contribution < -0.4 is 11.3 Å². The lowest BCUT2D eigenvalue weighted by Gasteiger charge is -2.15. The van der Waals surface area contributed by atoms with Crippen LogP contribution in [0, 0.1) is 6.92 Å². The lowest BCUT2D eigenvalue weighted by atomic mass is 10.0. The molecule has 0 bridgehead atoms. The second-order valence-electron chi connectivity index (χ2n) is 4.72. The maximum Gasteiger partial charge on any atom is 0.0254 e. The van der Waals surface area contributed by atoms with Gasteiger partial charge in [0.1, 0.15) is 0 Å². The van der Waals surface area contributed by atoms with Gasteiger partial charge in [-0.3, -0.25) is 11.3 Å². The Balaban J connectivity index is 1.85. The Labute approximate surface area is 113 Å². The third-order valence-corrected chi connectivity index (χ3v) is 3.93. The van der Waals surface area contributed by atoms with E-state index in [1.54, 1.807) is 11.3 Å². The van der Waals surface area contributed by atoms with E-state index < -0.39 is 0 Å². The molecule has 2 aromatic rings. The van der Waals surface area contributed by atoms with Crippen molar-refractivity contribution in [3.05, 3.63) is 57.8 Å². The molecule has 0 radical (unpaired) electrons. The fraction of sp³-hybridized carbons (Fsp3) is 0.333. The summed E-state index contributed by atoms with van der Waals surface area (Å²) in [6.45, 7) is 2.12. The van der Waals surface area contributed by atoms with Gasteiger partial charge in [-0.25, -0.2) is 0 Å². The lowest BCUT2D eigenvalue weighted by molar-refractivity contribution is 0.492. The Morgan fingerprint density at radius 3 is 2.56 bits per heavy atom. The van der Waals surface area contributed by atoms with Gasteiger partial charge in [0.2, 0.25) is 0 Å². The summed E-state index contributed by atoms with van der Waals surface area (Å²) in [5.41, 5.74) is 6.99. The zero-order valence-electron chi connectivity index (χ0n) is 10.7. The largest absolute Gasteiger partial charge is 0.271 e. The average Bonchev–Trinajstić information content (AvgIpc) is 2.89. The molecule has 2 nitrogen and oxygen atoms in total. The summed E-state index contributed by atoms with van der Waals surface area (Å²) in [5, 5.41) is 4.30. The number of thiophene rings is 1. The maximum absolute atomic E-state index is 5.63. The second kappa shape index (κ2) is 6.69. The summed E-state index contributed by atoms with van der Waals surface area (Å²) in [6, 6.07) is 11.3. The molecule has 18 heavy (non-hydrogen) atoms. The molecule has 3 heteroatoms. The van der Waals surface area contributed by atoms with Crippen LogP contribution in [0.1, 0.15) is 23.1 Å². The standard InChI is InChI=1S/C15H20N2S/c1-12-2-4-13(5-3-12)6-7-15(17-16)10-14-8-9-18-11-14/h2-5,8-9,11,15,17H,6-7,10,16H2,1H3. The number of hydrazine groups is 1. The number of rotatable bonds is 6. The highest BCUT2D eigenvalue weighted by molar-refractivity contribution is 7.07. The Kier molecular flexibility index (Phi) is 4.93. The molecule has 0 saturated heterocycles. The number of nitrogens with one attached hydrogen (secondary N) is 1. The van der Waals surface area contributed by atoms with Crippen molar-refractivity contribution in [2.24, 2.45) is 5.84 Å². The Bertz CT molecular complexity index is 448. The summed E-state index contributed by atoms with van der Waals surface area (Å²) >= 11 is 1.74. The fourth-order valence-electron chi connectivity index (χ4n) is 2.03. The molecule has 2 rings (SSSR count).